The average molecular weight is 458 g/mol. The molecule has 1 aromatic heterocycles. The van der Waals surface area contributed by atoms with Gasteiger partial charge in [0.2, 0.25) is 11.2 Å². The Labute approximate surface area is 196 Å². The number of ether oxygens (including phenoxy) is 2. The highest BCUT2D eigenvalue weighted by Gasteiger charge is 2.16. The van der Waals surface area contributed by atoms with Crippen molar-refractivity contribution >= 4 is 23.4 Å². The third kappa shape index (κ3) is 4.99. The summed E-state index contributed by atoms with van der Waals surface area (Å²) in [6, 6.07) is 20.4. The zero-order chi connectivity index (χ0) is 24.1. The van der Waals surface area contributed by atoms with Crippen molar-refractivity contribution in [2.45, 2.75) is 13.8 Å². The van der Waals surface area contributed by atoms with Gasteiger partial charge in [-0.25, -0.2) is 9.40 Å². The van der Waals surface area contributed by atoms with Crippen LogP contribution in [0.2, 0.25) is 0 Å². The summed E-state index contributed by atoms with van der Waals surface area (Å²) in [6.07, 6.45) is 1.83. The fraction of sp³-hybridized carbons (Fsp3) is 0.111. The number of halogens is 1. The van der Waals surface area contributed by atoms with Gasteiger partial charge in [-0.1, -0.05) is 30.3 Å². The Morgan fingerprint density at radius 3 is 2.59 bits per heavy atom. The first-order chi connectivity index (χ1) is 16.5. The van der Waals surface area contributed by atoms with Crippen LogP contribution in [0.25, 0.3) is 11.0 Å². The number of hydrogen-bond donors (Lipinski definition) is 0. The van der Waals surface area contributed by atoms with E-state index in [4.69, 9.17) is 13.9 Å². The van der Waals surface area contributed by atoms with E-state index in [0.717, 1.165) is 11.3 Å². The van der Waals surface area contributed by atoms with E-state index in [1.54, 1.807) is 42.3 Å². The minimum atomic E-state index is -0.564. The third-order valence-electron chi connectivity index (χ3n) is 5.02. The molecule has 0 amide bonds. The van der Waals surface area contributed by atoms with Crippen LogP contribution >= 0.6 is 0 Å². The third-order valence-corrected chi connectivity index (χ3v) is 5.02. The van der Waals surface area contributed by atoms with Crippen LogP contribution in [0.1, 0.15) is 12.7 Å². The van der Waals surface area contributed by atoms with Crippen LogP contribution < -0.4 is 19.9 Å². The lowest BCUT2D eigenvalue weighted by atomic mass is 10.2. The molecule has 0 aliphatic rings. The highest BCUT2D eigenvalue weighted by Crippen LogP contribution is 2.28. The van der Waals surface area contributed by atoms with Crippen LogP contribution in [0.4, 0.5) is 10.1 Å². The van der Waals surface area contributed by atoms with Crippen LogP contribution in [-0.4, -0.2) is 13.3 Å². The Morgan fingerprint density at radius 2 is 1.85 bits per heavy atom. The molecule has 0 N–H and O–H groups in total. The second-order valence-electron chi connectivity index (χ2n) is 7.59. The Bertz CT molecular complexity index is 1410. The van der Waals surface area contributed by atoms with Crippen molar-refractivity contribution in [3.05, 3.63) is 106 Å². The number of nitrogens with zero attached hydrogens (tertiary/aromatic N) is 2. The molecule has 0 atom stereocenters. The number of fused-ring (bicyclic) bond motifs is 1. The van der Waals surface area contributed by atoms with E-state index in [0.29, 0.717) is 23.3 Å². The molecule has 172 valence electrons. The first-order valence-corrected chi connectivity index (χ1v) is 10.6. The summed E-state index contributed by atoms with van der Waals surface area (Å²) in [5.74, 6) is 0.111. The van der Waals surface area contributed by atoms with Gasteiger partial charge in [-0.05, 0) is 55.8 Å². The number of aryl methyl sites for hydroxylation is 1. The molecule has 0 aliphatic carbocycles. The summed E-state index contributed by atoms with van der Waals surface area (Å²) in [5, 5.41) is 6.00. The van der Waals surface area contributed by atoms with Gasteiger partial charge in [0, 0.05) is 19.0 Å². The maximum absolute atomic E-state index is 14.0. The lowest BCUT2D eigenvalue weighted by molar-refractivity contribution is 0.351. The van der Waals surface area contributed by atoms with E-state index < -0.39 is 5.82 Å². The number of hydrazone groups is 1. The highest BCUT2D eigenvalue weighted by atomic mass is 19.1. The van der Waals surface area contributed by atoms with Gasteiger partial charge in [0.15, 0.2) is 11.6 Å². The van der Waals surface area contributed by atoms with E-state index in [2.05, 4.69) is 11.8 Å². The van der Waals surface area contributed by atoms with Gasteiger partial charge in [-0.2, -0.15) is 5.10 Å². The molecule has 0 fully saturated rings. The summed E-state index contributed by atoms with van der Waals surface area (Å²) in [4.78, 5) is 13.0. The highest BCUT2D eigenvalue weighted by molar-refractivity contribution is 5.79. The number of anilines is 1. The van der Waals surface area contributed by atoms with Crippen molar-refractivity contribution < 1.29 is 18.3 Å². The van der Waals surface area contributed by atoms with Gasteiger partial charge in [-0.3, -0.25) is 4.79 Å². The average Bonchev–Trinajstić information content (AvgIpc) is 2.85. The van der Waals surface area contributed by atoms with Crippen molar-refractivity contribution in [1.82, 2.24) is 0 Å². The van der Waals surface area contributed by atoms with Gasteiger partial charge >= 0.3 is 0 Å². The zero-order valence-corrected chi connectivity index (χ0v) is 18.8. The minimum absolute atomic E-state index is 0.0435. The number of benzene rings is 3. The van der Waals surface area contributed by atoms with E-state index >= 15 is 0 Å². The van der Waals surface area contributed by atoms with Crippen LogP contribution in [0, 0.1) is 12.7 Å². The van der Waals surface area contributed by atoms with Gasteiger partial charge in [-0.15, -0.1) is 0 Å². The maximum atomic E-state index is 14.0. The Hall–Kier alpha value is -4.39. The SMILES string of the molecule is C=NN(/C=C(\C)COc1ccc2c(=O)c(Oc3ccccc3F)c(C)oc2c1)c1ccccc1. The molecular weight excluding hydrogens is 435 g/mol. The smallest absolute Gasteiger partial charge is 0.235 e. The fourth-order valence-electron chi connectivity index (χ4n) is 3.33. The summed E-state index contributed by atoms with van der Waals surface area (Å²) in [6.45, 7) is 7.42. The maximum Gasteiger partial charge on any atom is 0.235 e. The second kappa shape index (κ2) is 10.0. The van der Waals surface area contributed by atoms with Gasteiger partial charge in [0.05, 0.1) is 11.1 Å². The van der Waals surface area contributed by atoms with E-state index in [-0.39, 0.29) is 22.7 Å². The van der Waals surface area contributed by atoms with E-state index in [1.165, 1.54) is 12.1 Å². The fourth-order valence-corrected chi connectivity index (χ4v) is 3.33. The van der Waals surface area contributed by atoms with Crippen molar-refractivity contribution in [3.8, 4) is 17.2 Å². The Morgan fingerprint density at radius 1 is 1.12 bits per heavy atom. The molecule has 0 saturated carbocycles. The lowest BCUT2D eigenvalue weighted by Gasteiger charge is -2.15. The summed E-state index contributed by atoms with van der Waals surface area (Å²) in [5.41, 5.74) is 1.75. The molecule has 0 saturated heterocycles. The quantitative estimate of drug-likeness (QED) is 0.225. The number of rotatable bonds is 8. The summed E-state index contributed by atoms with van der Waals surface area (Å²) < 4.78 is 31.2. The monoisotopic (exact) mass is 458 g/mol. The van der Waals surface area contributed by atoms with Crippen LogP contribution in [0.5, 0.6) is 17.2 Å². The first kappa shape index (κ1) is 22.8. The summed E-state index contributed by atoms with van der Waals surface area (Å²) in [7, 11) is 0. The van der Waals surface area contributed by atoms with E-state index in [9.17, 15) is 9.18 Å². The molecule has 3 aromatic carbocycles. The minimum Gasteiger partial charge on any atom is -0.489 e. The zero-order valence-electron chi connectivity index (χ0n) is 18.8. The molecule has 7 heteroatoms. The van der Waals surface area contributed by atoms with Crippen molar-refractivity contribution in [2.24, 2.45) is 5.10 Å². The standard InChI is InChI=1S/C27H23FN2O4/c1-18(16-30(29-3)20-9-5-4-6-10-20)17-32-21-13-14-22-25(15-21)33-19(2)27(26(22)31)34-24-12-8-7-11-23(24)28/h4-16H,3,17H2,1-2H3/b18-16+. The second-order valence-corrected chi connectivity index (χ2v) is 7.59. The molecule has 4 aromatic rings. The van der Waals surface area contributed by atoms with E-state index in [1.807, 2.05) is 43.5 Å². The normalized spacial score (nSPS) is 11.3. The van der Waals surface area contributed by atoms with Gasteiger partial charge < -0.3 is 13.9 Å². The lowest BCUT2D eigenvalue weighted by Crippen LogP contribution is -2.10. The number of para-hydroxylation sites is 2. The molecule has 0 aliphatic heterocycles. The molecule has 6 nitrogen and oxygen atoms in total. The van der Waals surface area contributed by atoms with Crippen LogP contribution in [0.3, 0.4) is 0 Å². The van der Waals surface area contributed by atoms with Crippen LogP contribution in [-0.2, 0) is 0 Å². The largest absolute Gasteiger partial charge is 0.489 e. The van der Waals surface area contributed by atoms with Crippen LogP contribution in [0.15, 0.2) is 98.9 Å². The molecule has 1 heterocycles. The van der Waals surface area contributed by atoms with Crippen molar-refractivity contribution in [2.75, 3.05) is 11.6 Å². The topological polar surface area (TPSA) is 64.3 Å². The number of hydrogen-bond acceptors (Lipinski definition) is 6. The molecule has 0 radical (unpaired) electrons. The Balaban J connectivity index is 1.53. The molecule has 0 bridgehead atoms. The van der Waals surface area contributed by atoms with Gasteiger partial charge in [0.25, 0.3) is 0 Å². The van der Waals surface area contributed by atoms with Gasteiger partial charge in [0.1, 0.15) is 23.7 Å². The molecule has 0 spiro atoms. The van der Waals surface area contributed by atoms with Crippen molar-refractivity contribution in [1.29, 1.82) is 0 Å². The molecule has 0 unspecified atom stereocenters. The first-order valence-electron chi connectivity index (χ1n) is 10.6. The molecule has 34 heavy (non-hydrogen) atoms. The predicted octanol–water partition coefficient (Wildman–Crippen LogP) is 6.44. The molecule has 4 rings (SSSR count). The predicted molar refractivity (Wildman–Crippen MR) is 131 cm³/mol. The Kier molecular flexibility index (Phi) is 6.73. The molecular formula is C27H23FN2O4. The van der Waals surface area contributed by atoms with Crippen molar-refractivity contribution in [3.63, 3.8) is 0 Å². The summed E-state index contributed by atoms with van der Waals surface area (Å²) >= 11 is 0.